The second-order valence-electron chi connectivity index (χ2n) is 4.73. The fourth-order valence-electron chi connectivity index (χ4n) is 1.84. The van der Waals surface area contributed by atoms with Crippen molar-refractivity contribution in [1.82, 2.24) is 10.3 Å². The monoisotopic (exact) mass is 418 g/mol. The molecule has 112 valence electrons. The zero-order chi connectivity index (χ0) is 15.4. The molecule has 0 aliphatic heterocycles. The lowest BCUT2D eigenvalue weighted by Crippen LogP contribution is -2.35. The van der Waals surface area contributed by atoms with Crippen molar-refractivity contribution in [1.29, 1.82) is 0 Å². The Hall–Kier alpha value is -1.08. The normalized spacial score (nSPS) is 12.2. The number of carbonyl (C=O) groups excluding carboxylic acids is 1. The van der Waals surface area contributed by atoms with Crippen LogP contribution >= 0.6 is 34.2 Å². The number of benzene rings is 1. The van der Waals surface area contributed by atoms with E-state index >= 15 is 0 Å². The molecule has 0 spiro atoms. The lowest BCUT2D eigenvalue weighted by molar-refractivity contribution is -0.123. The van der Waals surface area contributed by atoms with Gasteiger partial charge in [-0.1, -0.05) is 18.5 Å². The molecule has 4 nitrogen and oxygen atoms in total. The molecule has 1 aromatic heterocycles. The highest BCUT2D eigenvalue weighted by Gasteiger charge is 2.14. The summed E-state index contributed by atoms with van der Waals surface area (Å²) in [4.78, 5) is 16.1. The van der Waals surface area contributed by atoms with Gasteiger partial charge in [0.05, 0.1) is 8.59 Å². The SMILES string of the molecule is CCC(C)NC(=O)COc1c(I)cc(Cl)c2cccnc12. The minimum absolute atomic E-state index is 0.0341. The first-order chi connectivity index (χ1) is 10.0. The van der Waals surface area contributed by atoms with Crippen LogP contribution in [0.15, 0.2) is 24.4 Å². The zero-order valence-electron chi connectivity index (χ0n) is 11.8. The predicted octanol–water partition coefficient (Wildman–Crippen LogP) is 3.79. The van der Waals surface area contributed by atoms with E-state index in [0.717, 1.165) is 15.4 Å². The van der Waals surface area contributed by atoms with Crippen LogP contribution in [0, 0.1) is 3.57 Å². The Balaban J connectivity index is 2.21. The van der Waals surface area contributed by atoms with Crippen molar-refractivity contribution in [3.63, 3.8) is 0 Å². The molecule has 0 saturated carbocycles. The summed E-state index contributed by atoms with van der Waals surface area (Å²) in [5.41, 5.74) is 0.672. The molecule has 2 rings (SSSR count). The minimum Gasteiger partial charge on any atom is -0.480 e. The smallest absolute Gasteiger partial charge is 0.258 e. The van der Waals surface area contributed by atoms with Gasteiger partial charge in [0.15, 0.2) is 12.4 Å². The van der Waals surface area contributed by atoms with E-state index in [0.29, 0.717) is 16.3 Å². The maximum Gasteiger partial charge on any atom is 0.258 e. The number of rotatable bonds is 5. The Morgan fingerprint density at radius 3 is 3.05 bits per heavy atom. The van der Waals surface area contributed by atoms with Gasteiger partial charge >= 0.3 is 0 Å². The Morgan fingerprint density at radius 2 is 2.33 bits per heavy atom. The van der Waals surface area contributed by atoms with Gasteiger partial charge in [-0.05, 0) is 54.1 Å². The largest absolute Gasteiger partial charge is 0.480 e. The van der Waals surface area contributed by atoms with E-state index in [1.165, 1.54) is 0 Å². The van der Waals surface area contributed by atoms with Crippen LogP contribution in [0.1, 0.15) is 20.3 Å². The quantitative estimate of drug-likeness (QED) is 0.752. The second-order valence-corrected chi connectivity index (χ2v) is 6.30. The van der Waals surface area contributed by atoms with Gasteiger partial charge in [0.25, 0.3) is 5.91 Å². The molecule has 0 bridgehead atoms. The number of ether oxygens (including phenoxy) is 1. The van der Waals surface area contributed by atoms with E-state index in [-0.39, 0.29) is 18.6 Å². The van der Waals surface area contributed by atoms with E-state index in [2.05, 4.69) is 32.9 Å². The highest BCUT2D eigenvalue weighted by Crippen LogP contribution is 2.34. The molecule has 2 aromatic rings. The van der Waals surface area contributed by atoms with E-state index in [1.54, 1.807) is 6.20 Å². The van der Waals surface area contributed by atoms with E-state index in [4.69, 9.17) is 16.3 Å². The van der Waals surface area contributed by atoms with Gasteiger partial charge in [-0.15, -0.1) is 0 Å². The van der Waals surface area contributed by atoms with Crippen LogP contribution in [-0.4, -0.2) is 23.5 Å². The van der Waals surface area contributed by atoms with Crippen LogP contribution in [0.5, 0.6) is 5.75 Å². The number of aromatic nitrogens is 1. The summed E-state index contributed by atoms with van der Waals surface area (Å²) < 4.78 is 6.51. The average molecular weight is 419 g/mol. The first-order valence-corrected chi connectivity index (χ1v) is 8.13. The summed E-state index contributed by atoms with van der Waals surface area (Å²) in [7, 11) is 0. The average Bonchev–Trinajstić information content (AvgIpc) is 2.46. The predicted molar refractivity (Wildman–Crippen MR) is 92.9 cm³/mol. The third-order valence-corrected chi connectivity index (χ3v) is 4.23. The van der Waals surface area contributed by atoms with Crippen molar-refractivity contribution in [2.75, 3.05) is 6.61 Å². The lowest BCUT2D eigenvalue weighted by atomic mass is 10.2. The second kappa shape index (κ2) is 7.26. The molecule has 0 fully saturated rings. The molecule has 1 N–H and O–H groups in total. The third kappa shape index (κ3) is 3.97. The summed E-state index contributed by atoms with van der Waals surface area (Å²) in [6.45, 7) is 3.94. The number of halogens is 2. The molecule has 1 aromatic carbocycles. The van der Waals surface area contributed by atoms with Crippen molar-refractivity contribution in [3.8, 4) is 5.75 Å². The van der Waals surface area contributed by atoms with Crippen molar-refractivity contribution in [2.45, 2.75) is 26.3 Å². The first-order valence-electron chi connectivity index (χ1n) is 6.67. The van der Waals surface area contributed by atoms with E-state index in [1.807, 2.05) is 32.0 Å². The topological polar surface area (TPSA) is 51.2 Å². The van der Waals surface area contributed by atoms with Crippen molar-refractivity contribution in [2.24, 2.45) is 0 Å². The fourth-order valence-corrected chi connectivity index (χ4v) is 3.01. The minimum atomic E-state index is -0.140. The van der Waals surface area contributed by atoms with Crippen LogP contribution in [0.2, 0.25) is 5.02 Å². The van der Waals surface area contributed by atoms with Crippen molar-refractivity contribution < 1.29 is 9.53 Å². The number of hydrogen-bond acceptors (Lipinski definition) is 3. The number of hydrogen-bond donors (Lipinski definition) is 1. The first kappa shape index (κ1) is 16.3. The summed E-state index contributed by atoms with van der Waals surface area (Å²) in [5.74, 6) is 0.453. The number of carbonyl (C=O) groups is 1. The van der Waals surface area contributed by atoms with Crippen LogP contribution in [-0.2, 0) is 4.79 Å². The van der Waals surface area contributed by atoms with Gasteiger partial charge in [0, 0.05) is 17.6 Å². The molecule has 1 heterocycles. The molecule has 0 radical (unpaired) electrons. The summed E-state index contributed by atoms with van der Waals surface area (Å²) >= 11 is 8.34. The van der Waals surface area contributed by atoms with Gasteiger partial charge in [0.2, 0.25) is 0 Å². The maximum absolute atomic E-state index is 11.8. The van der Waals surface area contributed by atoms with Crippen LogP contribution < -0.4 is 10.1 Å². The molecular formula is C15H16ClIN2O2. The van der Waals surface area contributed by atoms with E-state index < -0.39 is 0 Å². The van der Waals surface area contributed by atoms with Gasteiger partial charge in [-0.3, -0.25) is 9.78 Å². The Morgan fingerprint density at radius 1 is 1.57 bits per heavy atom. The van der Waals surface area contributed by atoms with Crippen LogP contribution in [0.25, 0.3) is 10.9 Å². The number of fused-ring (bicyclic) bond motifs is 1. The van der Waals surface area contributed by atoms with E-state index in [9.17, 15) is 4.79 Å². The molecule has 21 heavy (non-hydrogen) atoms. The van der Waals surface area contributed by atoms with Gasteiger partial charge < -0.3 is 10.1 Å². The van der Waals surface area contributed by atoms with Crippen molar-refractivity contribution in [3.05, 3.63) is 33.0 Å². The number of pyridine rings is 1. The Bertz CT molecular complexity index is 663. The highest BCUT2D eigenvalue weighted by molar-refractivity contribution is 14.1. The number of nitrogens with zero attached hydrogens (tertiary/aromatic N) is 1. The molecule has 0 aliphatic carbocycles. The van der Waals surface area contributed by atoms with Gasteiger partial charge in [-0.25, -0.2) is 0 Å². The number of amides is 1. The lowest BCUT2D eigenvalue weighted by Gasteiger charge is -2.14. The zero-order valence-corrected chi connectivity index (χ0v) is 14.7. The molecule has 0 saturated heterocycles. The summed E-state index contributed by atoms with van der Waals surface area (Å²) in [6.07, 6.45) is 2.57. The Kier molecular flexibility index (Phi) is 5.64. The molecule has 1 atom stereocenters. The van der Waals surface area contributed by atoms with Gasteiger partial charge in [-0.2, -0.15) is 0 Å². The summed E-state index contributed by atoms with van der Waals surface area (Å²) in [5, 5.41) is 4.31. The van der Waals surface area contributed by atoms with Crippen molar-refractivity contribution >= 4 is 51.0 Å². The fraction of sp³-hybridized carbons (Fsp3) is 0.333. The third-order valence-electron chi connectivity index (χ3n) is 3.12. The molecule has 1 unspecified atom stereocenters. The van der Waals surface area contributed by atoms with Crippen LogP contribution in [0.4, 0.5) is 0 Å². The summed E-state index contributed by atoms with van der Waals surface area (Å²) in [6, 6.07) is 5.65. The molecule has 0 aliphatic rings. The molecular weight excluding hydrogens is 403 g/mol. The molecule has 1 amide bonds. The van der Waals surface area contributed by atoms with Crippen LogP contribution in [0.3, 0.4) is 0 Å². The highest BCUT2D eigenvalue weighted by atomic mass is 127. The standard InChI is InChI=1S/C15H16ClIN2O2/c1-3-9(2)19-13(20)8-21-15-12(17)7-11(16)10-5-4-6-18-14(10)15/h4-7,9H,3,8H2,1-2H3,(H,19,20). The number of nitrogens with one attached hydrogen (secondary N) is 1. The maximum atomic E-state index is 11.8. The molecule has 6 heteroatoms. The Labute approximate surface area is 142 Å². The van der Waals surface area contributed by atoms with Gasteiger partial charge in [0.1, 0.15) is 5.52 Å².